The van der Waals surface area contributed by atoms with Crippen LogP contribution < -0.4 is 20.5 Å². The summed E-state index contributed by atoms with van der Waals surface area (Å²) in [7, 11) is 3.87. The first-order valence-corrected chi connectivity index (χ1v) is 14.6. The maximum absolute atomic E-state index is 13.0. The van der Waals surface area contributed by atoms with Crippen molar-refractivity contribution in [1.82, 2.24) is 10.2 Å². The van der Waals surface area contributed by atoms with Crippen molar-refractivity contribution in [3.8, 4) is 11.5 Å². The number of quaternary nitrogens is 1. The summed E-state index contributed by atoms with van der Waals surface area (Å²) in [6.45, 7) is 6.64. The Morgan fingerprint density at radius 1 is 1.32 bits per heavy atom. The molecular weight excluding hydrogens is 528 g/mol. The standard InChI is InChI=1S/C30H40N4O7/c1-17-8-9-30(39)22-14-19-6-7-21(40-28(38)33(2)12-11-32-27(37)20(31)15-23(35)36)25-24(19)29(30,26(17)41-25)10-13-34(22,3)16-18-4-5-18/h6-7,18,20,22,26,39H,1,4-5,8-16,31H2,2-3H3,(H-,32,35,36,37)/p+1/t20-,22-,26-,29-,30+,34?/m0/s1. The number of nitrogens with zero attached hydrogens (tertiary/aromatic N) is 2. The molecule has 2 saturated carbocycles. The number of amides is 2. The topological polar surface area (TPSA) is 151 Å². The third-order valence-corrected chi connectivity index (χ3v) is 10.4. The number of nitrogens with two attached hydrogens (primary N) is 1. The van der Waals surface area contributed by atoms with E-state index in [-0.39, 0.29) is 25.2 Å². The number of likely N-dealkylation sites (N-methyl/N-ethyl adjacent to an activating group) is 2. The average molecular weight is 570 g/mol. The molecule has 3 fully saturated rings. The van der Waals surface area contributed by atoms with E-state index in [0.29, 0.717) is 24.3 Å². The van der Waals surface area contributed by atoms with E-state index in [9.17, 15) is 19.5 Å². The number of carbonyl (C=O) groups excluding carboxylic acids is 2. The minimum absolute atomic E-state index is 0.0767. The summed E-state index contributed by atoms with van der Waals surface area (Å²) in [4.78, 5) is 37.1. The Morgan fingerprint density at radius 3 is 2.78 bits per heavy atom. The number of carbonyl (C=O) groups is 3. The third kappa shape index (κ3) is 4.31. The van der Waals surface area contributed by atoms with Crippen molar-refractivity contribution in [2.24, 2.45) is 11.7 Å². The van der Waals surface area contributed by atoms with Crippen molar-refractivity contribution in [3.05, 3.63) is 35.4 Å². The molecule has 2 bridgehead atoms. The Balaban J connectivity index is 1.22. The van der Waals surface area contributed by atoms with Gasteiger partial charge in [-0.2, -0.15) is 0 Å². The summed E-state index contributed by atoms with van der Waals surface area (Å²) in [5.74, 6) is -0.174. The van der Waals surface area contributed by atoms with Gasteiger partial charge in [0.2, 0.25) is 5.91 Å². The summed E-state index contributed by atoms with van der Waals surface area (Å²) >= 11 is 0. The zero-order valence-electron chi connectivity index (χ0n) is 23.9. The summed E-state index contributed by atoms with van der Waals surface area (Å²) in [6.07, 6.45) is 3.99. The van der Waals surface area contributed by atoms with Crippen LogP contribution in [0.15, 0.2) is 24.3 Å². The highest BCUT2D eigenvalue weighted by molar-refractivity contribution is 5.85. The summed E-state index contributed by atoms with van der Waals surface area (Å²) in [5.41, 5.74) is 7.15. The van der Waals surface area contributed by atoms with Crippen LogP contribution in [-0.4, -0.2) is 102 Å². The highest BCUT2D eigenvalue weighted by Crippen LogP contribution is 2.67. The normalized spacial score (nSPS) is 33.3. The molecule has 41 heavy (non-hydrogen) atoms. The molecule has 6 rings (SSSR count). The molecule has 2 aliphatic heterocycles. The van der Waals surface area contributed by atoms with E-state index in [2.05, 4.69) is 18.9 Å². The Hall–Kier alpha value is -3.15. The third-order valence-electron chi connectivity index (χ3n) is 10.4. The largest absolute Gasteiger partial charge is 0.481 e. The Morgan fingerprint density at radius 2 is 2.07 bits per heavy atom. The van der Waals surface area contributed by atoms with Crippen molar-refractivity contribution in [1.29, 1.82) is 0 Å². The van der Waals surface area contributed by atoms with E-state index in [1.807, 2.05) is 6.07 Å². The number of piperidine rings is 1. The average Bonchev–Trinajstić information content (AvgIpc) is 3.64. The first kappa shape index (κ1) is 28.0. The quantitative estimate of drug-likeness (QED) is 0.257. The lowest BCUT2D eigenvalue weighted by molar-refractivity contribution is -0.950. The van der Waals surface area contributed by atoms with Crippen molar-refractivity contribution in [2.45, 2.75) is 74.1 Å². The predicted octanol–water partition coefficient (Wildman–Crippen LogP) is 1.30. The van der Waals surface area contributed by atoms with Crippen molar-refractivity contribution < 1.29 is 38.6 Å². The molecule has 0 radical (unpaired) electrons. The SMILES string of the molecule is C=C1CC[C@@]2(O)[C@@H]3Cc4ccc(OC(=O)N(C)CCNC(=O)[C@@H](N)CC(=O)O)c5c4[C@@]2(CC[N+]3(C)CC2CC2)[C@H]1O5. The van der Waals surface area contributed by atoms with Gasteiger partial charge in [-0.05, 0) is 42.9 Å². The second-order valence-electron chi connectivity index (χ2n) is 13.1. The van der Waals surface area contributed by atoms with Crippen LogP contribution in [0.3, 0.4) is 0 Å². The van der Waals surface area contributed by atoms with Crippen LogP contribution in [0, 0.1) is 5.92 Å². The van der Waals surface area contributed by atoms with E-state index in [4.69, 9.17) is 20.3 Å². The number of benzene rings is 1. The second kappa shape index (κ2) is 9.71. The molecule has 11 heteroatoms. The molecule has 11 nitrogen and oxygen atoms in total. The van der Waals surface area contributed by atoms with Crippen molar-refractivity contribution in [2.75, 3.05) is 40.3 Å². The number of carboxylic acids is 1. The molecular formula is C30H41N4O7+. The Labute approximate surface area is 239 Å². The highest BCUT2D eigenvalue weighted by Gasteiger charge is 2.75. The van der Waals surface area contributed by atoms with Gasteiger partial charge < -0.3 is 40.1 Å². The van der Waals surface area contributed by atoms with Gasteiger partial charge in [0.05, 0.1) is 38.0 Å². The lowest BCUT2D eigenvalue weighted by atomic mass is 9.48. The molecule has 5 aliphatic rings. The molecule has 0 aromatic heterocycles. The molecule has 6 atom stereocenters. The fraction of sp³-hybridized carbons (Fsp3) is 0.633. The van der Waals surface area contributed by atoms with E-state index >= 15 is 0 Å². The van der Waals surface area contributed by atoms with Gasteiger partial charge in [-0.25, -0.2) is 4.79 Å². The van der Waals surface area contributed by atoms with Crippen molar-refractivity contribution in [3.63, 3.8) is 0 Å². The second-order valence-corrected chi connectivity index (χ2v) is 13.1. The summed E-state index contributed by atoms with van der Waals surface area (Å²) < 4.78 is 13.3. The zero-order chi connectivity index (χ0) is 29.3. The zero-order valence-corrected chi connectivity index (χ0v) is 23.9. The van der Waals surface area contributed by atoms with Gasteiger partial charge in [-0.1, -0.05) is 12.6 Å². The number of aliphatic carboxylic acids is 1. The number of likely N-dealkylation sites (tertiary alicyclic amines) is 1. The van der Waals surface area contributed by atoms with E-state index in [0.717, 1.165) is 53.0 Å². The fourth-order valence-electron chi connectivity index (χ4n) is 8.16. The number of hydrogen-bond acceptors (Lipinski definition) is 7. The number of ether oxygens (including phenoxy) is 2. The molecule has 1 unspecified atom stereocenters. The summed E-state index contributed by atoms with van der Waals surface area (Å²) in [6, 6.07) is 2.72. The number of carboxylic acid groups (broad SMARTS) is 1. The van der Waals surface area contributed by atoms with E-state index < -0.39 is 41.4 Å². The number of rotatable bonds is 9. The van der Waals surface area contributed by atoms with Crippen LogP contribution in [0.5, 0.6) is 11.5 Å². The van der Waals surface area contributed by atoms with Gasteiger partial charge >= 0.3 is 12.1 Å². The van der Waals surface area contributed by atoms with Gasteiger partial charge in [0.15, 0.2) is 11.5 Å². The lowest BCUT2D eigenvalue weighted by Gasteiger charge is -2.65. The van der Waals surface area contributed by atoms with Crippen LogP contribution in [-0.2, 0) is 21.4 Å². The smallest absolute Gasteiger partial charge is 0.415 e. The first-order chi connectivity index (χ1) is 19.4. The molecule has 222 valence electrons. The van der Waals surface area contributed by atoms with Gasteiger partial charge in [0.1, 0.15) is 17.7 Å². The van der Waals surface area contributed by atoms with Crippen LogP contribution in [0.25, 0.3) is 0 Å². The number of nitrogens with one attached hydrogen (secondary N) is 1. The highest BCUT2D eigenvalue weighted by atomic mass is 16.6. The van der Waals surface area contributed by atoms with Crippen LogP contribution >= 0.6 is 0 Å². The van der Waals surface area contributed by atoms with Crippen LogP contribution in [0.4, 0.5) is 4.79 Å². The maximum Gasteiger partial charge on any atom is 0.415 e. The Kier molecular flexibility index (Phi) is 6.63. The van der Waals surface area contributed by atoms with Gasteiger partial charge in [-0.3, -0.25) is 9.59 Å². The molecule has 3 aliphatic carbocycles. The van der Waals surface area contributed by atoms with Crippen LogP contribution in [0.2, 0.25) is 0 Å². The predicted molar refractivity (Wildman–Crippen MR) is 149 cm³/mol. The van der Waals surface area contributed by atoms with Gasteiger partial charge in [-0.15, -0.1) is 0 Å². The van der Waals surface area contributed by atoms with Gasteiger partial charge in [0, 0.05) is 44.5 Å². The molecule has 2 amide bonds. The molecule has 1 aromatic carbocycles. The Bertz CT molecular complexity index is 1310. The molecule has 5 N–H and O–H groups in total. The first-order valence-electron chi connectivity index (χ1n) is 14.6. The molecule has 1 aromatic rings. The van der Waals surface area contributed by atoms with Crippen molar-refractivity contribution >= 4 is 18.0 Å². The van der Waals surface area contributed by atoms with Gasteiger partial charge in [0.25, 0.3) is 0 Å². The monoisotopic (exact) mass is 569 g/mol. The minimum atomic E-state index is -1.16. The fourth-order valence-corrected chi connectivity index (χ4v) is 8.16. The summed E-state index contributed by atoms with van der Waals surface area (Å²) in [5, 5.41) is 24.0. The molecule has 1 saturated heterocycles. The molecule has 1 spiro atoms. The number of hydrogen-bond donors (Lipinski definition) is 4. The van der Waals surface area contributed by atoms with Crippen LogP contribution in [0.1, 0.15) is 49.7 Å². The van der Waals surface area contributed by atoms with E-state index in [1.165, 1.54) is 17.7 Å². The lowest BCUT2D eigenvalue weighted by Crippen LogP contribution is -2.80. The maximum atomic E-state index is 13.0. The molecule has 2 heterocycles. The van der Waals surface area contributed by atoms with E-state index in [1.54, 1.807) is 13.1 Å². The minimum Gasteiger partial charge on any atom is -0.481 e. The number of aliphatic hydroxyl groups is 1.